The van der Waals surface area contributed by atoms with E-state index in [-0.39, 0.29) is 16.8 Å². The monoisotopic (exact) mass is 471 g/mol. The van der Waals surface area contributed by atoms with Crippen LogP contribution in [0, 0.1) is 28.1 Å². The Morgan fingerprint density at radius 3 is 1.80 bits per heavy atom. The molecule has 0 atom stereocenters. The SMILES string of the molecule is COC(=O)C1=C(C(=O)OC)C(C#N)(C#N)C(c2ccc(OC)cc2)=C1N=Cc1ccc(OC)cc1. The third-order valence-electron chi connectivity index (χ3n) is 5.43. The molecule has 0 spiro atoms. The lowest BCUT2D eigenvalue weighted by Crippen LogP contribution is -2.26. The zero-order valence-corrected chi connectivity index (χ0v) is 19.5. The highest BCUT2D eigenvalue weighted by atomic mass is 16.5. The molecule has 0 N–H and O–H groups in total. The first-order valence-corrected chi connectivity index (χ1v) is 10.2. The second kappa shape index (κ2) is 10.4. The van der Waals surface area contributed by atoms with Gasteiger partial charge in [-0.05, 0) is 47.5 Å². The maximum Gasteiger partial charge on any atom is 0.340 e. The van der Waals surface area contributed by atoms with E-state index in [4.69, 9.17) is 18.9 Å². The highest BCUT2D eigenvalue weighted by Crippen LogP contribution is 2.52. The van der Waals surface area contributed by atoms with Gasteiger partial charge in [0.1, 0.15) is 11.5 Å². The van der Waals surface area contributed by atoms with Gasteiger partial charge in [0.05, 0.1) is 57.4 Å². The quantitative estimate of drug-likeness (QED) is 0.444. The number of nitrogens with zero attached hydrogens (tertiary/aromatic N) is 3. The number of carbonyl (C=O) groups is 2. The van der Waals surface area contributed by atoms with Crippen molar-refractivity contribution in [2.45, 2.75) is 0 Å². The fourth-order valence-corrected chi connectivity index (χ4v) is 3.71. The molecule has 9 nitrogen and oxygen atoms in total. The maximum atomic E-state index is 12.9. The van der Waals surface area contributed by atoms with Crippen LogP contribution in [0.15, 0.2) is 70.4 Å². The van der Waals surface area contributed by atoms with Crippen LogP contribution in [-0.2, 0) is 19.1 Å². The Bertz CT molecular complexity index is 1310. The number of aliphatic imine (C=N–C) groups is 1. The highest BCUT2D eigenvalue weighted by molar-refractivity contribution is 6.14. The minimum atomic E-state index is -2.18. The highest BCUT2D eigenvalue weighted by Gasteiger charge is 2.54. The van der Waals surface area contributed by atoms with Crippen molar-refractivity contribution >= 4 is 23.7 Å². The zero-order chi connectivity index (χ0) is 25.6. The number of allylic oxidation sites excluding steroid dienone is 1. The molecule has 2 aromatic rings. The first-order valence-electron chi connectivity index (χ1n) is 10.2. The van der Waals surface area contributed by atoms with Crippen molar-refractivity contribution in [1.82, 2.24) is 0 Å². The van der Waals surface area contributed by atoms with Gasteiger partial charge in [-0.2, -0.15) is 10.5 Å². The molecule has 0 heterocycles. The molecule has 0 aliphatic heterocycles. The summed E-state index contributed by atoms with van der Waals surface area (Å²) < 4.78 is 20.1. The lowest BCUT2D eigenvalue weighted by Gasteiger charge is -2.20. The normalized spacial score (nSPS) is 14.3. The van der Waals surface area contributed by atoms with Gasteiger partial charge >= 0.3 is 11.9 Å². The zero-order valence-electron chi connectivity index (χ0n) is 19.5. The molecule has 9 heteroatoms. The van der Waals surface area contributed by atoms with Crippen molar-refractivity contribution in [3.63, 3.8) is 0 Å². The molecule has 0 bridgehead atoms. The third kappa shape index (κ3) is 4.35. The predicted molar refractivity (Wildman–Crippen MR) is 125 cm³/mol. The Balaban J connectivity index is 2.38. The molecule has 1 aliphatic rings. The molecule has 0 radical (unpaired) electrons. The molecule has 0 amide bonds. The predicted octanol–water partition coefficient (Wildman–Crippen LogP) is 3.22. The minimum Gasteiger partial charge on any atom is -0.497 e. The molecule has 176 valence electrons. The number of benzene rings is 2. The number of methoxy groups -OCH3 is 4. The molecular formula is C26H21N3O6. The topological polar surface area (TPSA) is 131 Å². The lowest BCUT2D eigenvalue weighted by molar-refractivity contribution is -0.139. The molecule has 0 unspecified atom stereocenters. The summed E-state index contributed by atoms with van der Waals surface area (Å²) in [6.45, 7) is 0. The second-order valence-corrected chi connectivity index (χ2v) is 7.19. The fraction of sp³-hybridized carbons (Fsp3) is 0.192. The van der Waals surface area contributed by atoms with Crippen LogP contribution in [0.3, 0.4) is 0 Å². The maximum absolute atomic E-state index is 12.9. The summed E-state index contributed by atoms with van der Waals surface area (Å²) >= 11 is 0. The first kappa shape index (κ1) is 24.7. The van der Waals surface area contributed by atoms with E-state index in [0.29, 0.717) is 22.6 Å². The van der Waals surface area contributed by atoms with Crippen molar-refractivity contribution in [2.75, 3.05) is 28.4 Å². The number of nitriles is 2. The van der Waals surface area contributed by atoms with Crippen molar-refractivity contribution < 1.29 is 28.5 Å². The second-order valence-electron chi connectivity index (χ2n) is 7.19. The summed E-state index contributed by atoms with van der Waals surface area (Å²) in [6, 6.07) is 17.2. The molecule has 35 heavy (non-hydrogen) atoms. The molecular weight excluding hydrogens is 450 g/mol. The summed E-state index contributed by atoms with van der Waals surface area (Å²) in [5.74, 6) is -0.790. The molecule has 0 saturated heterocycles. The number of hydrogen-bond acceptors (Lipinski definition) is 9. The minimum absolute atomic E-state index is 0.0516. The Labute approximate surface area is 202 Å². The Morgan fingerprint density at radius 1 is 0.829 bits per heavy atom. The number of carbonyl (C=O) groups excluding carboxylic acids is 2. The summed E-state index contributed by atoms with van der Waals surface area (Å²) in [5, 5.41) is 20.4. The third-order valence-corrected chi connectivity index (χ3v) is 5.43. The summed E-state index contributed by atoms with van der Waals surface area (Å²) in [5.41, 5.74) is -1.93. The standard InChI is InChI=1S/C26H21N3O6/c1-32-18-9-5-16(6-10-18)13-29-23-20(24(30)34-3)22(25(31)35-4)26(14-27,15-28)21(23)17-7-11-19(33-2)12-8-17/h5-13H,1-4H3. The smallest absolute Gasteiger partial charge is 0.340 e. The molecule has 0 fully saturated rings. The van der Waals surface area contributed by atoms with Gasteiger partial charge in [-0.25, -0.2) is 9.59 Å². The lowest BCUT2D eigenvalue weighted by atomic mass is 9.76. The van der Waals surface area contributed by atoms with E-state index in [0.717, 1.165) is 14.2 Å². The van der Waals surface area contributed by atoms with Gasteiger partial charge in [0.15, 0.2) is 0 Å². The largest absolute Gasteiger partial charge is 0.497 e. The summed E-state index contributed by atoms with van der Waals surface area (Å²) in [7, 11) is 5.25. The van der Waals surface area contributed by atoms with E-state index in [2.05, 4.69) is 4.99 Å². The van der Waals surface area contributed by atoms with Crippen LogP contribution in [0.25, 0.3) is 5.57 Å². The van der Waals surface area contributed by atoms with Crippen LogP contribution in [-0.4, -0.2) is 46.6 Å². The van der Waals surface area contributed by atoms with Crippen LogP contribution in [0.4, 0.5) is 0 Å². The van der Waals surface area contributed by atoms with Gasteiger partial charge in [0.25, 0.3) is 0 Å². The van der Waals surface area contributed by atoms with Crippen molar-refractivity contribution in [3.05, 3.63) is 76.5 Å². The number of esters is 2. The van der Waals surface area contributed by atoms with Gasteiger partial charge in [-0.1, -0.05) is 12.1 Å². The van der Waals surface area contributed by atoms with E-state index >= 15 is 0 Å². The van der Waals surface area contributed by atoms with Gasteiger partial charge in [-0.15, -0.1) is 0 Å². The summed E-state index contributed by atoms with van der Waals surface area (Å²) in [6.07, 6.45) is 1.45. The van der Waals surface area contributed by atoms with E-state index in [1.807, 2.05) is 12.1 Å². The average Bonchev–Trinajstić information content (AvgIpc) is 3.21. The van der Waals surface area contributed by atoms with Crippen LogP contribution >= 0.6 is 0 Å². The van der Waals surface area contributed by atoms with Gasteiger partial charge in [0, 0.05) is 11.8 Å². The Kier molecular flexibility index (Phi) is 7.33. The van der Waals surface area contributed by atoms with Gasteiger partial charge in [-0.3, -0.25) is 4.99 Å². The first-order chi connectivity index (χ1) is 16.9. The Morgan fingerprint density at radius 2 is 1.34 bits per heavy atom. The van der Waals surface area contributed by atoms with Crippen LogP contribution in [0.5, 0.6) is 11.5 Å². The summed E-state index contributed by atoms with van der Waals surface area (Å²) in [4.78, 5) is 30.2. The van der Waals surface area contributed by atoms with E-state index in [1.165, 1.54) is 13.3 Å². The van der Waals surface area contributed by atoms with Crippen molar-refractivity contribution in [1.29, 1.82) is 10.5 Å². The number of rotatable bonds is 7. The van der Waals surface area contributed by atoms with E-state index < -0.39 is 22.9 Å². The van der Waals surface area contributed by atoms with Crippen molar-refractivity contribution in [2.24, 2.45) is 10.4 Å². The van der Waals surface area contributed by atoms with Crippen molar-refractivity contribution in [3.8, 4) is 23.6 Å². The molecule has 3 rings (SSSR count). The number of ether oxygens (including phenoxy) is 4. The Hall–Kier alpha value is -4.89. The molecule has 0 aromatic heterocycles. The van der Waals surface area contributed by atoms with Gasteiger partial charge in [0.2, 0.25) is 5.41 Å². The van der Waals surface area contributed by atoms with E-state index in [9.17, 15) is 20.1 Å². The fourth-order valence-electron chi connectivity index (χ4n) is 3.71. The average molecular weight is 471 g/mol. The number of hydrogen-bond donors (Lipinski definition) is 0. The molecule has 2 aromatic carbocycles. The van der Waals surface area contributed by atoms with Crippen LogP contribution < -0.4 is 9.47 Å². The van der Waals surface area contributed by atoms with Crippen LogP contribution in [0.1, 0.15) is 11.1 Å². The molecule has 1 aliphatic carbocycles. The van der Waals surface area contributed by atoms with E-state index in [1.54, 1.807) is 55.6 Å². The van der Waals surface area contributed by atoms with Crippen LogP contribution in [0.2, 0.25) is 0 Å². The molecule has 0 saturated carbocycles. The van der Waals surface area contributed by atoms with Gasteiger partial charge < -0.3 is 18.9 Å².